The van der Waals surface area contributed by atoms with Gasteiger partial charge in [-0.25, -0.2) is 8.42 Å². The topological polar surface area (TPSA) is 62.6 Å². The summed E-state index contributed by atoms with van der Waals surface area (Å²) in [6.45, 7) is 8.54. The minimum absolute atomic E-state index is 0.0171. The summed E-state index contributed by atoms with van der Waals surface area (Å²) < 4.78 is 31.7. The average molecular weight is 302 g/mol. The first kappa shape index (κ1) is 17.2. The number of hydrogen-bond acceptors (Lipinski definition) is 4. The predicted octanol–water partition coefficient (Wildman–Crippen LogP) is 2.59. The van der Waals surface area contributed by atoms with Gasteiger partial charge in [0.2, 0.25) is 5.09 Å². The van der Waals surface area contributed by atoms with Crippen LogP contribution in [0, 0.1) is 0 Å². The summed E-state index contributed by atoms with van der Waals surface area (Å²) in [6.07, 6.45) is 1.78. The Morgan fingerprint density at radius 3 is 2.50 bits per heavy atom. The second-order valence-corrected chi connectivity index (χ2v) is 7.34. The summed E-state index contributed by atoms with van der Waals surface area (Å²) in [6, 6.07) is 3.53. The highest BCUT2D eigenvalue weighted by molar-refractivity contribution is 7.89. The van der Waals surface area contributed by atoms with Crippen molar-refractivity contribution >= 4 is 10.0 Å². The molecule has 0 radical (unpaired) electrons. The molecule has 1 N–H and O–H groups in total. The molecule has 0 saturated carbocycles. The Morgan fingerprint density at radius 1 is 1.30 bits per heavy atom. The first-order valence-corrected chi connectivity index (χ1v) is 8.53. The summed E-state index contributed by atoms with van der Waals surface area (Å²) in [4.78, 5) is 0. The molecule has 1 aromatic heterocycles. The molecular formula is C14H26N2O3S. The Hall–Kier alpha value is -0.850. The number of nitrogens with one attached hydrogen (secondary N) is 1. The highest BCUT2D eigenvalue weighted by atomic mass is 32.2. The van der Waals surface area contributed by atoms with Crippen LogP contribution in [0.3, 0.4) is 0 Å². The lowest BCUT2D eigenvalue weighted by Gasteiger charge is -2.22. The second kappa shape index (κ2) is 7.24. The SMILES string of the molecule is CCCC(C)N(C)S(=O)(=O)c1ccc(CNC(C)C)o1. The molecule has 0 aromatic carbocycles. The Bertz CT molecular complexity index is 508. The van der Waals surface area contributed by atoms with Crippen molar-refractivity contribution < 1.29 is 12.8 Å². The number of furan rings is 1. The molecule has 0 aliphatic carbocycles. The quantitative estimate of drug-likeness (QED) is 0.801. The molecule has 1 atom stereocenters. The smallest absolute Gasteiger partial charge is 0.276 e. The van der Waals surface area contributed by atoms with Crippen LogP contribution in [0.4, 0.5) is 0 Å². The summed E-state index contributed by atoms with van der Waals surface area (Å²) in [7, 11) is -1.94. The summed E-state index contributed by atoms with van der Waals surface area (Å²) in [5, 5.41) is 3.21. The van der Waals surface area contributed by atoms with Crippen LogP contribution in [0.15, 0.2) is 21.6 Å². The van der Waals surface area contributed by atoms with Crippen molar-refractivity contribution in [1.82, 2.24) is 9.62 Å². The normalized spacial score (nSPS) is 14.2. The van der Waals surface area contributed by atoms with Crippen LogP contribution in [0.2, 0.25) is 0 Å². The van der Waals surface area contributed by atoms with Gasteiger partial charge in [-0.15, -0.1) is 0 Å². The molecule has 6 heteroatoms. The van der Waals surface area contributed by atoms with Gasteiger partial charge in [0.1, 0.15) is 5.76 Å². The molecule has 0 fully saturated rings. The fourth-order valence-electron chi connectivity index (χ4n) is 1.87. The zero-order chi connectivity index (χ0) is 15.3. The molecule has 1 aromatic rings. The minimum Gasteiger partial charge on any atom is -0.447 e. The van der Waals surface area contributed by atoms with Gasteiger partial charge in [0.15, 0.2) is 0 Å². The third-order valence-corrected chi connectivity index (χ3v) is 5.13. The third kappa shape index (κ3) is 4.33. The van der Waals surface area contributed by atoms with Crippen molar-refractivity contribution in [2.75, 3.05) is 7.05 Å². The predicted molar refractivity (Wildman–Crippen MR) is 80.0 cm³/mol. The minimum atomic E-state index is -3.54. The van der Waals surface area contributed by atoms with Crippen LogP contribution in [-0.2, 0) is 16.6 Å². The van der Waals surface area contributed by atoms with E-state index in [0.717, 1.165) is 12.8 Å². The van der Waals surface area contributed by atoms with Crippen LogP contribution in [0.5, 0.6) is 0 Å². The molecule has 0 aliphatic heterocycles. The Morgan fingerprint density at radius 2 is 1.95 bits per heavy atom. The van der Waals surface area contributed by atoms with Crippen LogP contribution < -0.4 is 5.32 Å². The monoisotopic (exact) mass is 302 g/mol. The van der Waals surface area contributed by atoms with E-state index >= 15 is 0 Å². The molecule has 5 nitrogen and oxygen atoms in total. The van der Waals surface area contributed by atoms with E-state index in [4.69, 9.17) is 4.42 Å². The van der Waals surface area contributed by atoms with E-state index in [1.165, 1.54) is 10.4 Å². The van der Waals surface area contributed by atoms with Crippen molar-refractivity contribution in [3.8, 4) is 0 Å². The van der Waals surface area contributed by atoms with E-state index in [1.54, 1.807) is 13.1 Å². The van der Waals surface area contributed by atoms with Crippen molar-refractivity contribution in [3.63, 3.8) is 0 Å². The number of hydrogen-bond donors (Lipinski definition) is 1. The van der Waals surface area contributed by atoms with E-state index in [-0.39, 0.29) is 11.1 Å². The first-order chi connectivity index (χ1) is 9.28. The van der Waals surface area contributed by atoms with Gasteiger partial charge >= 0.3 is 0 Å². The third-order valence-electron chi connectivity index (χ3n) is 3.28. The fraction of sp³-hybridized carbons (Fsp3) is 0.714. The molecule has 0 saturated heterocycles. The van der Waals surface area contributed by atoms with E-state index < -0.39 is 10.0 Å². The number of sulfonamides is 1. The Balaban J connectivity index is 2.82. The van der Waals surface area contributed by atoms with Gasteiger partial charge in [0.05, 0.1) is 6.54 Å². The summed E-state index contributed by atoms with van der Waals surface area (Å²) in [5.41, 5.74) is 0. The Kier molecular flexibility index (Phi) is 6.23. The fourth-order valence-corrected chi connectivity index (χ4v) is 3.19. The van der Waals surface area contributed by atoms with E-state index in [1.807, 2.05) is 27.7 Å². The van der Waals surface area contributed by atoms with Crippen molar-refractivity contribution in [2.24, 2.45) is 0 Å². The van der Waals surface area contributed by atoms with Crippen LogP contribution in [0.1, 0.15) is 46.3 Å². The van der Waals surface area contributed by atoms with Crippen molar-refractivity contribution in [1.29, 1.82) is 0 Å². The standard InChI is InChI=1S/C14H26N2O3S/c1-6-7-12(4)16(5)20(17,18)14-9-8-13(19-14)10-15-11(2)3/h8-9,11-12,15H,6-7,10H2,1-5H3. The van der Waals surface area contributed by atoms with Gasteiger partial charge < -0.3 is 9.73 Å². The van der Waals surface area contributed by atoms with E-state index in [9.17, 15) is 8.42 Å². The molecule has 0 amide bonds. The lowest BCUT2D eigenvalue weighted by molar-refractivity contribution is 0.340. The molecule has 1 heterocycles. The lowest BCUT2D eigenvalue weighted by Crippen LogP contribution is -2.34. The molecule has 1 rings (SSSR count). The largest absolute Gasteiger partial charge is 0.447 e. The van der Waals surface area contributed by atoms with Gasteiger partial charge in [-0.2, -0.15) is 4.31 Å². The zero-order valence-electron chi connectivity index (χ0n) is 13.0. The molecule has 0 aliphatic rings. The van der Waals surface area contributed by atoms with Gasteiger partial charge in [-0.3, -0.25) is 0 Å². The maximum absolute atomic E-state index is 12.4. The molecule has 0 bridgehead atoms. The summed E-state index contributed by atoms with van der Waals surface area (Å²) in [5.74, 6) is 0.633. The lowest BCUT2D eigenvalue weighted by atomic mass is 10.2. The molecule has 20 heavy (non-hydrogen) atoms. The second-order valence-electron chi connectivity index (χ2n) is 5.42. The van der Waals surface area contributed by atoms with Crippen LogP contribution >= 0.6 is 0 Å². The number of rotatable bonds is 8. The van der Waals surface area contributed by atoms with Gasteiger partial charge in [0.25, 0.3) is 10.0 Å². The van der Waals surface area contributed by atoms with E-state index in [0.29, 0.717) is 18.3 Å². The maximum atomic E-state index is 12.4. The van der Waals surface area contributed by atoms with Gasteiger partial charge in [-0.05, 0) is 25.5 Å². The van der Waals surface area contributed by atoms with Crippen LogP contribution in [-0.4, -0.2) is 31.9 Å². The highest BCUT2D eigenvalue weighted by Gasteiger charge is 2.27. The number of nitrogens with zero attached hydrogens (tertiary/aromatic N) is 1. The maximum Gasteiger partial charge on any atom is 0.276 e. The first-order valence-electron chi connectivity index (χ1n) is 7.09. The zero-order valence-corrected chi connectivity index (χ0v) is 13.8. The van der Waals surface area contributed by atoms with Crippen LogP contribution in [0.25, 0.3) is 0 Å². The molecule has 1 unspecified atom stereocenters. The molecule has 0 spiro atoms. The van der Waals surface area contributed by atoms with Gasteiger partial charge in [-0.1, -0.05) is 27.2 Å². The van der Waals surface area contributed by atoms with Gasteiger partial charge in [0, 0.05) is 19.1 Å². The van der Waals surface area contributed by atoms with E-state index in [2.05, 4.69) is 5.32 Å². The Labute approximate surface area is 122 Å². The molecular weight excluding hydrogens is 276 g/mol. The average Bonchev–Trinajstić information content (AvgIpc) is 2.85. The highest BCUT2D eigenvalue weighted by Crippen LogP contribution is 2.21. The molecule has 116 valence electrons. The summed E-state index contributed by atoms with van der Waals surface area (Å²) >= 11 is 0. The van der Waals surface area contributed by atoms with Crippen molar-refractivity contribution in [3.05, 3.63) is 17.9 Å². The van der Waals surface area contributed by atoms with Crippen molar-refractivity contribution in [2.45, 2.75) is 64.3 Å².